The minimum Gasteiger partial charge on any atom is -0.396 e. The molecule has 15 heavy (non-hydrogen) atoms. The molecule has 1 unspecified atom stereocenters. The monoisotopic (exact) mass is 206 g/mol. The molecule has 1 aliphatic heterocycles. The number of aliphatic hydroxyl groups excluding tert-OH is 1. The molecule has 1 atom stereocenters. The molecule has 2 heteroatoms. The molecule has 82 valence electrons. The summed E-state index contributed by atoms with van der Waals surface area (Å²) in [5, 5.41) is 9.52. The van der Waals surface area contributed by atoms with Gasteiger partial charge in [-0.1, -0.05) is 30.3 Å². The first-order valence-electron chi connectivity index (χ1n) is 5.57. The SMILES string of the molecule is OCC1(Cc2ccccc2)CCCOC1. The molecule has 1 aromatic rings. The molecule has 0 bridgehead atoms. The fraction of sp³-hybridized carbons (Fsp3) is 0.538. The van der Waals surface area contributed by atoms with Crippen molar-refractivity contribution in [1.82, 2.24) is 0 Å². The van der Waals surface area contributed by atoms with E-state index >= 15 is 0 Å². The maximum atomic E-state index is 9.52. The van der Waals surface area contributed by atoms with Gasteiger partial charge >= 0.3 is 0 Å². The van der Waals surface area contributed by atoms with Crippen LogP contribution in [0.25, 0.3) is 0 Å². The maximum absolute atomic E-state index is 9.52. The highest BCUT2D eigenvalue weighted by Gasteiger charge is 2.32. The molecule has 0 spiro atoms. The van der Waals surface area contributed by atoms with Gasteiger partial charge in [-0.05, 0) is 24.8 Å². The van der Waals surface area contributed by atoms with Gasteiger partial charge in [-0.25, -0.2) is 0 Å². The lowest BCUT2D eigenvalue weighted by Gasteiger charge is -2.35. The second-order valence-electron chi connectivity index (χ2n) is 4.48. The maximum Gasteiger partial charge on any atom is 0.0547 e. The fourth-order valence-electron chi connectivity index (χ4n) is 2.26. The highest BCUT2D eigenvalue weighted by atomic mass is 16.5. The number of ether oxygens (including phenoxy) is 1. The first-order valence-corrected chi connectivity index (χ1v) is 5.57. The van der Waals surface area contributed by atoms with Gasteiger partial charge in [0.05, 0.1) is 13.2 Å². The van der Waals surface area contributed by atoms with Gasteiger partial charge in [0.2, 0.25) is 0 Å². The summed E-state index contributed by atoms with van der Waals surface area (Å²) in [5.74, 6) is 0. The Labute approximate surface area is 90.9 Å². The van der Waals surface area contributed by atoms with Crippen LogP contribution in [-0.2, 0) is 11.2 Å². The summed E-state index contributed by atoms with van der Waals surface area (Å²) in [4.78, 5) is 0. The van der Waals surface area contributed by atoms with E-state index in [0.717, 1.165) is 25.9 Å². The Morgan fingerprint density at radius 2 is 2.07 bits per heavy atom. The van der Waals surface area contributed by atoms with Gasteiger partial charge < -0.3 is 9.84 Å². The standard InChI is InChI=1S/C13H18O2/c14-10-13(7-4-8-15-11-13)9-12-5-2-1-3-6-12/h1-3,5-6,14H,4,7-11H2. The van der Waals surface area contributed by atoms with Crippen molar-refractivity contribution in [3.63, 3.8) is 0 Å². The van der Waals surface area contributed by atoms with Gasteiger partial charge in [-0.15, -0.1) is 0 Å². The second kappa shape index (κ2) is 4.77. The average Bonchev–Trinajstić information content (AvgIpc) is 2.32. The molecule has 1 N–H and O–H groups in total. The highest BCUT2D eigenvalue weighted by Crippen LogP contribution is 2.31. The largest absolute Gasteiger partial charge is 0.396 e. The number of hydrogen-bond donors (Lipinski definition) is 1. The van der Waals surface area contributed by atoms with E-state index in [1.165, 1.54) is 5.56 Å². The molecule has 2 rings (SSSR count). The minimum atomic E-state index is -0.0421. The molecular formula is C13H18O2. The lowest BCUT2D eigenvalue weighted by Crippen LogP contribution is -2.37. The summed E-state index contributed by atoms with van der Waals surface area (Å²) >= 11 is 0. The molecule has 0 aromatic heterocycles. The molecule has 1 aromatic carbocycles. The summed E-state index contributed by atoms with van der Waals surface area (Å²) < 4.78 is 5.49. The van der Waals surface area contributed by atoms with E-state index in [1.54, 1.807) is 0 Å². The zero-order valence-corrected chi connectivity index (χ0v) is 8.98. The second-order valence-corrected chi connectivity index (χ2v) is 4.48. The molecule has 0 amide bonds. The van der Waals surface area contributed by atoms with Crippen LogP contribution < -0.4 is 0 Å². The van der Waals surface area contributed by atoms with Crippen molar-refractivity contribution in [2.45, 2.75) is 19.3 Å². The van der Waals surface area contributed by atoms with Gasteiger partial charge in [0.15, 0.2) is 0 Å². The molecule has 0 aliphatic carbocycles. The number of aliphatic hydroxyl groups is 1. The molecule has 1 aliphatic rings. The third kappa shape index (κ3) is 2.58. The van der Waals surface area contributed by atoms with E-state index in [9.17, 15) is 5.11 Å². The van der Waals surface area contributed by atoms with Crippen LogP contribution in [0.4, 0.5) is 0 Å². The Balaban J connectivity index is 2.07. The summed E-state index contributed by atoms with van der Waals surface area (Å²) in [7, 11) is 0. The number of rotatable bonds is 3. The number of hydrogen-bond acceptors (Lipinski definition) is 2. The Hall–Kier alpha value is -0.860. The Bertz CT molecular complexity index is 289. The first-order chi connectivity index (χ1) is 7.35. The van der Waals surface area contributed by atoms with E-state index < -0.39 is 0 Å². The van der Waals surface area contributed by atoms with Crippen molar-refractivity contribution in [3.05, 3.63) is 35.9 Å². The van der Waals surface area contributed by atoms with E-state index in [4.69, 9.17) is 4.74 Å². The van der Waals surface area contributed by atoms with Crippen LogP contribution >= 0.6 is 0 Å². The minimum absolute atomic E-state index is 0.0421. The topological polar surface area (TPSA) is 29.5 Å². The van der Waals surface area contributed by atoms with Crippen molar-refractivity contribution in [2.75, 3.05) is 19.8 Å². The summed E-state index contributed by atoms with van der Waals surface area (Å²) in [6.45, 7) is 1.76. The molecule has 0 saturated carbocycles. The first kappa shape index (κ1) is 10.7. The van der Waals surface area contributed by atoms with Gasteiger partial charge in [-0.2, -0.15) is 0 Å². The lowest BCUT2D eigenvalue weighted by atomic mass is 9.78. The van der Waals surface area contributed by atoms with Crippen molar-refractivity contribution in [2.24, 2.45) is 5.41 Å². The summed E-state index contributed by atoms with van der Waals surface area (Å²) in [6, 6.07) is 10.3. The predicted octanol–water partition coefficient (Wildman–Crippen LogP) is 2.02. The molecule has 1 fully saturated rings. The van der Waals surface area contributed by atoms with E-state index in [1.807, 2.05) is 18.2 Å². The zero-order valence-electron chi connectivity index (χ0n) is 8.98. The quantitative estimate of drug-likeness (QED) is 0.820. The van der Waals surface area contributed by atoms with Crippen molar-refractivity contribution in [1.29, 1.82) is 0 Å². The average molecular weight is 206 g/mol. The van der Waals surface area contributed by atoms with Crippen LogP contribution in [0.5, 0.6) is 0 Å². The van der Waals surface area contributed by atoms with Gasteiger partial charge in [-0.3, -0.25) is 0 Å². The lowest BCUT2D eigenvalue weighted by molar-refractivity contribution is -0.0378. The third-order valence-corrected chi connectivity index (χ3v) is 3.16. The molecule has 0 radical (unpaired) electrons. The summed E-state index contributed by atoms with van der Waals surface area (Å²) in [5.41, 5.74) is 1.25. The van der Waals surface area contributed by atoms with Crippen LogP contribution in [0.1, 0.15) is 18.4 Å². The van der Waals surface area contributed by atoms with E-state index in [2.05, 4.69) is 12.1 Å². The molecular weight excluding hydrogens is 188 g/mol. The molecule has 1 saturated heterocycles. The molecule has 2 nitrogen and oxygen atoms in total. The van der Waals surface area contributed by atoms with Gasteiger partial charge in [0, 0.05) is 12.0 Å². The Morgan fingerprint density at radius 3 is 2.67 bits per heavy atom. The van der Waals surface area contributed by atoms with E-state index in [-0.39, 0.29) is 12.0 Å². The highest BCUT2D eigenvalue weighted by molar-refractivity contribution is 5.16. The fourth-order valence-corrected chi connectivity index (χ4v) is 2.26. The summed E-state index contributed by atoms with van der Waals surface area (Å²) in [6.07, 6.45) is 3.05. The van der Waals surface area contributed by atoms with Crippen molar-refractivity contribution in [3.8, 4) is 0 Å². The molecule has 1 heterocycles. The van der Waals surface area contributed by atoms with Crippen LogP contribution in [0.2, 0.25) is 0 Å². The zero-order chi connectivity index (χ0) is 10.6. The van der Waals surface area contributed by atoms with Crippen molar-refractivity contribution >= 4 is 0 Å². The van der Waals surface area contributed by atoms with E-state index in [0.29, 0.717) is 6.61 Å². The van der Waals surface area contributed by atoms with Gasteiger partial charge in [0.1, 0.15) is 0 Å². The van der Waals surface area contributed by atoms with Crippen LogP contribution in [-0.4, -0.2) is 24.9 Å². The third-order valence-electron chi connectivity index (χ3n) is 3.16. The predicted molar refractivity (Wildman–Crippen MR) is 59.7 cm³/mol. The normalized spacial score (nSPS) is 26.5. The van der Waals surface area contributed by atoms with Gasteiger partial charge in [0.25, 0.3) is 0 Å². The van der Waals surface area contributed by atoms with Crippen LogP contribution in [0.3, 0.4) is 0 Å². The Kier molecular flexibility index (Phi) is 3.39. The van der Waals surface area contributed by atoms with Crippen LogP contribution in [0, 0.1) is 5.41 Å². The number of benzene rings is 1. The van der Waals surface area contributed by atoms with Crippen LogP contribution in [0.15, 0.2) is 30.3 Å². The Morgan fingerprint density at radius 1 is 1.27 bits per heavy atom. The van der Waals surface area contributed by atoms with Crippen molar-refractivity contribution < 1.29 is 9.84 Å². The smallest absolute Gasteiger partial charge is 0.0547 e.